The maximum Gasteiger partial charge on any atom is 0.296 e. The SMILES string of the molecule is CC.CC(C)c1cc(-c2ccccc2)n(C2=CC=CCC=C2)c1-n1cc[n+]2c1-c1ccccc1C2.CCC.Cc1cc2cc(C(C)C)c(-n3ccnc3-c3ccccc3)c(C(C)C)c2s1. The van der Waals surface area contributed by atoms with E-state index in [9.17, 15) is 0 Å². The molecule has 0 radical (unpaired) electrons. The number of aryl methyl sites for hydroxylation is 1. The average molecular weight is 879 g/mol. The number of allylic oxidation sites excluding steroid dienone is 6. The number of imidazole rings is 2. The van der Waals surface area contributed by atoms with Crippen molar-refractivity contribution in [3.8, 4) is 45.5 Å². The zero-order valence-corrected chi connectivity index (χ0v) is 41.3. The standard InChI is InChI=1S/C30H28N3.C24H26N2S.C3H8.C2H6/c1-22(2)27-20-28(23-12-6-5-7-13-23)33(25-15-8-3-4-9-16-25)30(27)32-19-18-31-21-24-14-10-11-17-26(24)29(31)32;1-15(2)20-14-19-13-17(5)27-23(19)21(16(3)4)22(20)26-12-11-25-24(26)18-9-7-6-8-10-18;1-3-2;1-2/h3,5-20,22H,4,21H2,1-2H3;6-16H,1-5H3;3H2,1-2H3;1-2H3/q+1;;;. The Balaban J connectivity index is 0.000000180. The van der Waals surface area contributed by atoms with Crippen molar-refractivity contribution < 1.29 is 4.57 Å². The summed E-state index contributed by atoms with van der Waals surface area (Å²) in [5, 5.41) is 1.37. The van der Waals surface area contributed by atoms with Crippen LogP contribution in [-0.2, 0) is 6.54 Å². The first-order valence-corrected chi connectivity index (χ1v) is 24.6. The van der Waals surface area contributed by atoms with Gasteiger partial charge in [-0.25, -0.2) is 9.55 Å². The number of benzene rings is 4. The normalized spacial score (nSPS) is 12.6. The number of fused-ring (bicyclic) bond motifs is 4. The van der Waals surface area contributed by atoms with Crippen LogP contribution in [0.4, 0.5) is 0 Å². The lowest BCUT2D eigenvalue weighted by atomic mass is 9.90. The maximum atomic E-state index is 4.72. The highest BCUT2D eigenvalue weighted by molar-refractivity contribution is 7.19. The van der Waals surface area contributed by atoms with Gasteiger partial charge in [0, 0.05) is 44.4 Å². The molecular weight excluding hydrogens is 811 g/mol. The van der Waals surface area contributed by atoms with Crippen molar-refractivity contribution in [1.29, 1.82) is 0 Å². The maximum absolute atomic E-state index is 4.72. The van der Waals surface area contributed by atoms with E-state index < -0.39 is 0 Å². The Kier molecular flexibility index (Phi) is 15.2. The first-order valence-electron chi connectivity index (χ1n) is 23.8. The largest absolute Gasteiger partial charge is 0.299 e. The zero-order valence-electron chi connectivity index (χ0n) is 40.5. The molecule has 4 aromatic carbocycles. The van der Waals surface area contributed by atoms with Gasteiger partial charge in [0.05, 0.1) is 16.9 Å². The van der Waals surface area contributed by atoms with Gasteiger partial charge in [-0.2, -0.15) is 4.57 Å². The van der Waals surface area contributed by atoms with Gasteiger partial charge >= 0.3 is 0 Å². The van der Waals surface area contributed by atoms with Crippen LogP contribution in [0.1, 0.15) is 127 Å². The highest BCUT2D eigenvalue weighted by atomic mass is 32.1. The third kappa shape index (κ3) is 9.60. The number of nitrogens with zero attached hydrogens (tertiary/aromatic N) is 5. The summed E-state index contributed by atoms with van der Waals surface area (Å²) in [5.41, 5.74) is 13.0. The van der Waals surface area contributed by atoms with Gasteiger partial charge in [-0.1, -0.05) is 173 Å². The molecule has 0 fully saturated rings. The van der Waals surface area contributed by atoms with Crippen molar-refractivity contribution in [1.82, 2.24) is 18.7 Å². The van der Waals surface area contributed by atoms with Gasteiger partial charge in [-0.05, 0) is 89.6 Å². The summed E-state index contributed by atoms with van der Waals surface area (Å²) in [6.07, 6.45) is 21.8. The monoisotopic (exact) mass is 879 g/mol. The Morgan fingerprint density at radius 3 is 2.06 bits per heavy atom. The van der Waals surface area contributed by atoms with Crippen molar-refractivity contribution >= 4 is 27.1 Å². The number of thiophene rings is 1. The van der Waals surface area contributed by atoms with Gasteiger partial charge in [-0.3, -0.25) is 9.13 Å². The fourth-order valence-electron chi connectivity index (χ4n) is 8.94. The van der Waals surface area contributed by atoms with Crippen LogP contribution in [0.2, 0.25) is 0 Å². The van der Waals surface area contributed by atoms with Crippen LogP contribution in [0.5, 0.6) is 0 Å². The summed E-state index contributed by atoms with van der Waals surface area (Å²) >= 11 is 1.91. The zero-order chi connectivity index (χ0) is 46.2. The van der Waals surface area contributed by atoms with Crippen LogP contribution in [0.3, 0.4) is 0 Å². The molecule has 2 aliphatic rings. The molecule has 0 spiro atoms. The minimum absolute atomic E-state index is 0.384. The van der Waals surface area contributed by atoms with Crippen LogP contribution in [-0.4, -0.2) is 18.7 Å². The molecule has 10 rings (SSSR count). The minimum Gasteiger partial charge on any atom is -0.299 e. The van der Waals surface area contributed by atoms with Crippen LogP contribution >= 0.6 is 11.3 Å². The lowest BCUT2D eigenvalue weighted by Crippen LogP contribution is -2.30. The fourth-order valence-corrected chi connectivity index (χ4v) is 10.1. The van der Waals surface area contributed by atoms with Crippen LogP contribution in [0.15, 0.2) is 158 Å². The van der Waals surface area contributed by atoms with Crippen LogP contribution in [0.25, 0.3) is 61.3 Å². The van der Waals surface area contributed by atoms with Crippen molar-refractivity contribution in [3.63, 3.8) is 0 Å². The molecule has 0 saturated heterocycles. The molecule has 5 heterocycles. The lowest BCUT2D eigenvalue weighted by Gasteiger charge is -2.23. The Morgan fingerprint density at radius 1 is 0.723 bits per heavy atom. The molecule has 1 aliphatic carbocycles. The average Bonchev–Trinajstić information content (AvgIpc) is 4.14. The molecule has 334 valence electrons. The molecule has 0 N–H and O–H groups in total. The van der Waals surface area contributed by atoms with E-state index in [2.05, 4.69) is 233 Å². The van der Waals surface area contributed by atoms with Gasteiger partial charge in [0.2, 0.25) is 5.82 Å². The molecule has 65 heavy (non-hydrogen) atoms. The van der Waals surface area contributed by atoms with Gasteiger partial charge in [0.15, 0.2) is 0 Å². The molecule has 0 atom stereocenters. The summed E-state index contributed by atoms with van der Waals surface area (Å²) in [6, 6.07) is 37.1. The number of rotatable bonds is 8. The minimum atomic E-state index is 0.384. The third-order valence-corrected chi connectivity index (χ3v) is 12.8. The van der Waals surface area contributed by atoms with Crippen molar-refractivity contribution in [3.05, 3.63) is 185 Å². The third-order valence-electron chi connectivity index (χ3n) is 11.7. The number of hydrogen-bond donors (Lipinski definition) is 0. The summed E-state index contributed by atoms with van der Waals surface area (Å²) in [4.78, 5) is 6.08. The highest BCUT2D eigenvalue weighted by Crippen LogP contribution is 2.43. The summed E-state index contributed by atoms with van der Waals surface area (Å²) in [6.45, 7) is 25.1. The number of aromatic nitrogens is 5. The molecular formula is C59H68N5S+. The van der Waals surface area contributed by atoms with E-state index >= 15 is 0 Å². The molecule has 5 nitrogen and oxygen atoms in total. The van der Waals surface area contributed by atoms with Crippen molar-refractivity contribution in [2.45, 2.75) is 113 Å². The lowest BCUT2D eigenvalue weighted by molar-refractivity contribution is -0.671. The molecule has 0 saturated carbocycles. The Morgan fingerprint density at radius 2 is 1.38 bits per heavy atom. The topological polar surface area (TPSA) is 31.6 Å². The van der Waals surface area contributed by atoms with E-state index in [0.717, 1.165) is 24.4 Å². The Bertz CT molecular complexity index is 2930. The van der Waals surface area contributed by atoms with Gasteiger partial charge < -0.3 is 0 Å². The molecule has 0 bridgehead atoms. The van der Waals surface area contributed by atoms with E-state index in [1.54, 1.807) is 0 Å². The molecule has 0 amide bonds. The predicted molar refractivity (Wildman–Crippen MR) is 280 cm³/mol. The second kappa shape index (κ2) is 21.2. The smallest absolute Gasteiger partial charge is 0.296 e. The highest BCUT2D eigenvalue weighted by Gasteiger charge is 2.34. The second-order valence-electron chi connectivity index (χ2n) is 17.6. The van der Waals surface area contributed by atoms with Gasteiger partial charge in [0.1, 0.15) is 24.8 Å². The van der Waals surface area contributed by atoms with Crippen molar-refractivity contribution in [2.24, 2.45) is 0 Å². The first-order chi connectivity index (χ1) is 31.6. The molecule has 1 aliphatic heterocycles. The molecule has 4 aromatic heterocycles. The number of hydrogen-bond acceptors (Lipinski definition) is 2. The van der Waals surface area contributed by atoms with E-state index in [1.165, 1.54) is 83.5 Å². The van der Waals surface area contributed by atoms with E-state index in [0.29, 0.717) is 17.8 Å². The predicted octanol–water partition coefficient (Wildman–Crippen LogP) is 16.5. The Hall–Kier alpha value is -6.24. The summed E-state index contributed by atoms with van der Waals surface area (Å²) < 4.78 is 10.9. The van der Waals surface area contributed by atoms with E-state index in [-0.39, 0.29) is 0 Å². The second-order valence-corrected chi connectivity index (χ2v) is 18.9. The van der Waals surface area contributed by atoms with E-state index in [4.69, 9.17) is 4.98 Å². The van der Waals surface area contributed by atoms with Gasteiger partial charge in [-0.15, -0.1) is 11.3 Å². The van der Waals surface area contributed by atoms with Crippen LogP contribution in [0, 0.1) is 6.92 Å². The summed E-state index contributed by atoms with van der Waals surface area (Å²) in [7, 11) is 0. The van der Waals surface area contributed by atoms with Gasteiger partial charge in [0.25, 0.3) is 5.82 Å². The Labute approximate surface area is 392 Å². The van der Waals surface area contributed by atoms with E-state index in [1.807, 2.05) is 31.4 Å². The van der Waals surface area contributed by atoms with Crippen LogP contribution < -0.4 is 4.57 Å². The molecule has 0 unspecified atom stereocenters. The molecule has 8 aromatic rings. The van der Waals surface area contributed by atoms with Crippen molar-refractivity contribution in [2.75, 3.05) is 0 Å². The molecule has 6 heteroatoms. The fraction of sp³-hybridized carbons (Fsp3) is 0.288. The first kappa shape index (κ1) is 46.7. The quantitative estimate of drug-likeness (QED) is 0.140. The summed E-state index contributed by atoms with van der Waals surface area (Å²) in [5.74, 6) is 4.74.